The van der Waals surface area contributed by atoms with E-state index in [-0.39, 0.29) is 0 Å². The van der Waals surface area contributed by atoms with E-state index < -0.39 is 5.60 Å². The normalized spacial score (nSPS) is 30.0. The zero-order valence-corrected chi connectivity index (χ0v) is 13.4. The molecule has 1 aliphatic heterocycles. The third-order valence-corrected chi connectivity index (χ3v) is 4.83. The van der Waals surface area contributed by atoms with Crippen LogP contribution in [0, 0.1) is 11.3 Å². The molecule has 0 aromatic carbocycles. The summed E-state index contributed by atoms with van der Waals surface area (Å²) in [6.07, 6.45) is 2.97. The fraction of sp³-hybridized carbons (Fsp3) is 1.00. The first-order valence-electron chi connectivity index (χ1n) is 6.75. The Labute approximate surface area is 115 Å². The Morgan fingerprint density at radius 3 is 2.47 bits per heavy atom. The van der Waals surface area contributed by atoms with E-state index in [4.69, 9.17) is 0 Å². The van der Waals surface area contributed by atoms with Crippen molar-refractivity contribution in [3.8, 4) is 0 Å². The minimum atomic E-state index is -0.444. The van der Waals surface area contributed by atoms with Crippen LogP contribution in [0.15, 0.2) is 0 Å². The lowest BCUT2D eigenvalue weighted by Gasteiger charge is -2.34. The standard InChI is InChI=1S/C14H28BrNO/c1-13(2,3)12(10-15)11-16-8-5-6-14(4,17)7-9-16/h12,17H,5-11H2,1-4H3. The van der Waals surface area contributed by atoms with Crippen molar-refractivity contribution in [3.05, 3.63) is 0 Å². The van der Waals surface area contributed by atoms with Gasteiger partial charge in [-0.3, -0.25) is 0 Å². The first-order valence-corrected chi connectivity index (χ1v) is 7.87. The van der Waals surface area contributed by atoms with Crippen LogP contribution in [0.5, 0.6) is 0 Å². The Kier molecular flexibility index (Phi) is 5.48. The minimum Gasteiger partial charge on any atom is -0.390 e. The van der Waals surface area contributed by atoms with Crippen LogP contribution in [0.4, 0.5) is 0 Å². The lowest BCUT2D eigenvalue weighted by atomic mass is 9.81. The summed E-state index contributed by atoms with van der Waals surface area (Å²) in [7, 11) is 0. The number of alkyl halides is 1. The van der Waals surface area contributed by atoms with E-state index in [0.29, 0.717) is 11.3 Å². The summed E-state index contributed by atoms with van der Waals surface area (Å²) in [5, 5.41) is 11.1. The number of likely N-dealkylation sites (tertiary alicyclic amines) is 1. The summed E-state index contributed by atoms with van der Waals surface area (Å²) in [4.78, 5) is 2.53. The summed E-state index contributed by atoms with van der Waals surface area (Å²) in [6.45, 7) is 12.2. The molecule has 1 fully saturated rings. The van der Waals surface area contributed by atoms with Crippen LogP contribution in [0.2, 0.25) is 0 Å². The number of hydrogen-bond donors (Lipinski definition) is 1. The molecule has 0 aromatic rings. The van der Waals surface area contributed by atoms with E-state index in [2.05, 4.69) is 41.6 Å². The van der Waals surface area contributed by atoms with E-state index in [1.807, 2.05) is 6.92 Å². The molecule has 0 bridgehead atoms. The van der Waals surface area contributed by atoms with E-state index in [1.54, 1.807) is 0 Å². The third kappa shape index (κ3) is 5.27. The molecule has 3 heteroatoms. The van der Waals surface area contributed by atoms with Crippen molar-refractivity contribution in [1.29, 1.82) is 0 Å². The Balaban J connectivity index is 2.51. The van der Waals surface area contributed by atoms with E-state index in [9.17, 15) is 5.11 Å². The SMILES string of the molecule is CC1(O)CCCN(CC(CBr)C(C)(C)C)CC1. The molecule has 0 aromatic heterocycles. The minimum absolute atomic E-state index is 0.346. The van der Waals surface area contributed by atoms with Gasteiger partial charge >= 0.3 is 0 Å². The number of aliphatic hydroxyl groups is 1. The first-order chi connectivity index (χ1) is 7.74. The monoisotopic (exact) mass is 305 g/mol. The van der Waals surface area contributed by atoms with E-state index in [0.717, 1.165) is 44.2 Å². The summed E-state index contributed by atoms with van der Waals surface area (Å²) in [6, 6.07) is 0. The summed E-state index contributed by atoms with van der Waals surface area (Å²) >= 11 is 3.64. The van der Waals surface area contributed by atoms with Gasteiger partial charge in [0.15, 0.2) is 0 Å². The molecule has 0 spiro atoms. The quantitative estimate of drug-likeness (QED) is 0.809. The lowest BCUT2D eigenvalue weighted by Crippen LogP contribution is -2.37. The van der Waals surface area contributed by atoms with Crippen molar-refractivity contribution in [2.24, 2.45) is 11.3 Å². The number of nitrogens with zero attached hydrogens (tertiary/aromatic N) is 1. The highest BCUT2D eigenvalue weighted by molar-refractivity contribution is 9.09. The van der Waals surface area contributed by atoms with Gasteiger partial charge in [0.1, 0.15) is 0 Å². The molecule has 102 valence electrons. The van der Waals surface area contributed by atoms with Crippen molar-refractivity contribution in [3.63, 3.8) is 0 Å². The van der Waals surface area contributed by atoms with Gasteiger partial charge in [-0.15, -0.1) is 0 Å². The van der Waals surface area contributed by atoms with Gasteiger partial charge in [-0.25, -0.2) is 0 Å². The Bertz CT molecular complexity index is 235. The van der Waals surface area contributed by atoms with Gasteiger partial charge < -0.3 is 10.0 Å². The van der Waals surface area contributed by atoms with Crippen molar-refractivity contribution in [2.45, 2.75) is 52.6 Å². The first kappa shape index (κ1) is 15.5. The highest BCUT2D eigenvalue weighted by Crippen LogP contribution is 2.30. The van der Waals surface area contributed by atoms with Crippen LogP contribution in [0.25, 0.3) is 0 Å². The molecule has 0 amide bonds. The zero-order valence-electron chi connectivity index (χ0n) is 11.8. The molecule has 1 aliphatic rings. The molecular formula is C14H28BrNO. The zero-order chi connectivity index (χ0) is 13.1. The largest absolute Gasteiger partial charge is 0.390 e. The molecular weight excluding hydrogens is 278 g/mol. The molecule has 1 N–H and O–H groups in total. The number of halogens is 1. The van der Waals surface area contributed by atoms with Crippen LogP contribution in [-0.4, -0.2) is 40.6 Å². The van der Waals surface area contributed by atoms with Crippen LogP contribution in [0.1, 0.15) is 47.0 Å². The van der Waals surface area contributed by atoms with Gasteiger partial charge in [-0.2, -0.15) is 0 Å². The van der Waals surface area contributed by atoms with Crippen molar-refractivity contribution in [1.82, 2.24) is 4.90 Å². The predicted molar refractivity (Wildman–Crippen MR) is 77.7 cm³/mol. The molecule has 0 aliphatic carbocycles. The van der Waals surface area contributed by atoms with Gasteiger partial charge in [0.2, 0.25) is 0 Å². The van der Waals surface area contributed by atoms with E-state index >= 15 is 0 Å². The summed E-state index contributed by atoms with van der Waals surface area (Å²) in [5.41, 5.74) is -0.0985. The van der Waals surface area contributed by atoms with E-state index in [1.165, 1.54) is 0 Å². The maximum atomic E-state index is 10.1. The van der Waals surface area contributed by atoms with Gasteiger partial charge in [0.05, 0.1) is 5.60 Å². The molecule has 0 radical (unpaired) electrons. The lowest BCUT2D eigenvalue weighted by molar-refractivity contribution is 0.0435. The number of hydrogen-bond acceptors (Lipinski definition) is 2. The Hall–Kier alpha value is 0.400. The molecule has 1 heterocycles. The second-order valence-electron chi connectivity index (χ2n) is 6.87. The Morgan fingerprint density at radius 1 is 1.29 bits per heavy atom. The Morgan fingerprint density at radius 2 is 1.94 bits per heavy atom. The van der Waals surface area contributed by atoms with Gasteiger partial charge in [0.25, 0.3) is 0 Å². The second kappa shape index (κ2) is 6.03. The van der Waals surface area contributed by atoms with Crippen LogP contribution >= 0.6 is 15.9 Å². The fourth-order valence-electron chi connectivity index (χ4n) is 2.37. The molecule has 2 nitrogen and oxygen atoms in total. The predicted octanol–water partition coefficient (Wildman–Crippen LogP) is 3.28. The molecule has 1 saturated heterocycles. The topological polar surface area (TPSA) is 23.5 Å². The summed E-state index contributed by atoms with van der Waals surface area (Å²) < 4.78 is 0. The smallest absolute Gasteiger partial charge is 0.0632 e. The third-order valence-electron chi connectivity index (χ3n) is 4.05. The molecule has 2 unspecified atom stereocenters. The molecule has 1 rings (SSSR count). The highest BCUT2D eigenvalue weighted by atomic mass is 79.9. The van der Waals surface area contributed by atoms with Crippen molar-refractivity contribution in [2.75, 3.05) is 25.0 Å². The highest BCUT2D eigenvalue weighted by Gasteiger charge is 2.29. The molecule has 0 saturated carbocycles. The summed E-state index contributed by atoms with van der Waals surface area (Å²) in [5.74, 6) is 0.672. The maximum Gasteiger partial charge on any atom is 0.0632 e. The van der Waals surface area contributed by atoms with Gasteiger partial charge in [-0.05, 0) is 44.1 Å². The number of rotatable bonds is 3. The maximum absolute atomic E-state index is 10.1. The fourth-order valence-corrected chi connectivity index (χ4v) is 3.54. The van der Waals surface area contributed by atoms with Crippen LogP contribution in [-0.2, 0) is 0 Å². The molecule has 2 atom stereocenters. The van der Waals surface area contributed by atoms with Crippen molar-refractivity contribution < 1.29 is 5.11 Å². The average molecular weight is 306 g/mol. The molecule has 17 heavy (non-hydrogen) atoms. The second-order valence-corrected chi connectivity index (χ2v) is 7.52. The average Bonchev–Trinajstić information content (AvgIpc) is 2.34. The van der Waals surface area contributed by atoms with Gasteiger partial charge in [-0.1, -0.05) is 36.7 Å². The van der Waals surface area contributed by atoms with Gasteiger partial charge in [0, 0.05) is 18.4 Å². The van der Waals surface area contributed by atoms with Crippen LogP contribution < -0.4 is 0 Å². The van der Waals surface area contributed by atoms with Crippen LogP contribution in [0.3, 0.4) is 0 Å². The van der Waals surface area contributed by atoms with Crippen molar-refractivity contribution >= 4 is 15.9 Å².